The van der Waals surface area contributed by atoms with E-state index in [9.17, 15) is 4.79 Å². The van der Waals surface area contributed by atoms with Crippen molar-refractivity contribution in [1.29, 1.82) is 0 Å². The van der Waals surface area contributed by atoms with Gasteiger partial charge in [-0.15, -0.1) is 0 Å². The van der Waals surface area contributed by atoms with Crippen molar-refractivity contribution in [2.75, 3.05) is 11.9 Å². The van der Waals surface area contributed by atoms with Crippen LogP contribution in [-0.2, 0) is 6.54 Å². The highest BCUT2D eigenvalue weighted by molar-refractivity contribution is 6.35. The van der Waals surface area contributed by atoms with Crippen LogP contribution in [-0.4, -0.2) is 22.0 Å². The van der Waals surface area contributed by atoms with Crippen molar-refractivity contribution in [2.45, 2.75) is 12.6 Å². The molecule has 0 spiro atoms. The van der Waals surface area contributed by atoms with Crippen molar-refractivity contribution in [2.24, 2.45) is 0 Å². The van der Waals surface area contributed by atoms with Crippen molar-refractivity contribution in [3.8, 4) is 0 Å². The number of anilines is 1. The molecule has 1 aliphatic rings. The van der Waals surface area contributed by atoms with Crippen LogP contribution in [0.4, 0.5) is 10.5 Å². The molecule has 0 fully saturated rings. The number of urea groups is 1. The number of halogens is 3. The fourth-order valence-electron chi connectivity index (χ4n) is 3.38. The highest BCUT2D eigenvalue weighted by Gasteiger charge is 2.33. The number of carbonyl (C=O) groups excluding carboxylic acids is 1. The second-order valence-corrected chi connectivity index (χ2v) is 7.61. The SMILES string of the molecule is O=C(Nc1ccc(Cl)cc1)N1CCn2cccc2C1c1ccc(Cl)cc1Cl. The molecule has 0 saturated carbocycles. The van der Waals surface area contributed by atoms with Crippen LogP contribution in [0, 0.1) is 0 Å². The van der Waals surface area contributed by atoms with Gasteiger partial charge in [-0.05, 0) is 54.1 Å². The second-order valence-electron chi connectivity index (χ2n) is 6.33. The molecule has 2 heterocycles. The quantitative estimate of drug-likeness (QED) is 0.535. The molecule has 138 valence electrons. The van der Waals surface area contributed by atoms with E-state index in [2.05, 4.69) is 9.88 Å². The fourth-order valence-corrected chi connectivity index (χ4v) is 4.02. The van der Waals surface area contributed by atoms with Gasteiger partial charge in [0.05, 0.1) is 0 Å². The van der Waals surface area contributed by atoms with Crippen molar-refractivity contribution in [3.05, 3.63) is 87.1 Å². The summed E-state index contributed by atoms with van der Waals surface area (Å²) in [6, 6.07) is 15.9. The van der Waals surface area contributed by atoms with Gasteiger partial charge in [-0.25, -0.2) is 4.79 Å². The third kappa shape index (κ3) is 3.65. The van der Waals surface area contributed by atoms with Crippen molar-refractivity contribution in [1.82, 2.24) is 9.47 Å². The largest absolute Gasteiger partial charge is 0.348 e. The Balaban J connectivity index is 1.70. The van der Waals surface area contributed by atoms with Gasteiger partial charge in [0.1, 0.15) is 6.04 Å². The maximum atomic E-state index is 13.0. The van der Waals surface area contributed by atoms with Gasteiger partial charge in [0.25, 0.3) is 0 Å². The zero-order valence-electron chi connectivity index (χ0n) is 14.2. The molecule has 3 aromatic rings. The molecule has 1 aliphatic heterocycles. The number of benzene rings is 2. The van der Waals surface area contributed by atoms with E-state index in [0.717, 1.165) is 17.8 Å². The second kappa shape index (κ2) is 7.47. The lowest BCUT2D eigenvalue weighted by molar-refractivity contribution is 0.182. The average Bonchev–Trinajstić information content (AvgIpc) is 3.12. The molecule has 0 radical (unpaired) electrons. The first-order valence-electron chi connectivity index (χ1n) is 8.46. The summed E-state index contributed by atoms with van der Waals surface area (Å²) in [4.78, 5) is 14.8. The van der Waals surface area contributed by atoms with Gasteiger partial charge >= 0.3 is 6.03 Å². The van der Waals surface area contributed by atoms with E-state index in [1.165, 1.54) is 0 Å². The number of hydrogen-bond acceptors (Lipinski definition) is 1. The zero-order valence-corrected chi connectivity index (χ0v) is 16.5. The van der Waals surface area contributed by atoms with Gasteiger partial charge in [-0.3, -0.25) is 0 Å². The minimum Gasteiger partial charge on any atom is -0.348 e. The predicted molar refractivity (Wildman–Crippen MR) is 110 cm³/mol. The van der Waals surface area contributed by atoms with E-state index >= 15 is 0 Å². The number of hydrogen-bond donors (Lipinski definition) is 1. The molecule has 27 heavy (non-hydrogen) atoms. The maximum Gasteiger partial charge on any atom is 0.322 e. The summed E-state index contributed by atoms with van der Waals surface area (Å²) in [5.74, 6) is 0. The van der Waals surface area contributed by atoms with Crippen LogP contribution in [0.3, 0.4) is 0 Å². The van der Waals surface area contributed by atoms with Crippen LogP contribution in [0.1, 0.15) is 17.3 Å². The minimum absolute atomic E-state index is 0.194. The van der Waals surface area contributed by atoms with Gasteiger partial charge in [-0.2, -0.15) is 0 Å². The van der Waals surface area contributed by atoms with Crippen LogP contribution in [0.2, 0.25) is 15.1 Å². The maximum absolute atomic E-state index is 13.0. The van der Waals surface area contributed by atoms with Crippen molar-refractivity contribution >= 4 is 46.5 Å². The van der Waals surface area contributed by atoms with E-state index in [4.69, 9.17) is 34.8 Å². The molecule has 2 aromatic carbocycles. The molecule has 1 atom stereocenters. The molecule has 2 amide bonds. The zero-order chi connectivity index (χ0) is 19.0. The summed E-state index contributed by atoms with van der Waals surface area (Å²) in [6.45, 7) is 1.28. The number of nitrogens with one attached hydrogen (secondary N) is 1. The van der Waals surface area contributed by atoms with Crippen LogP contribution in [0.25, 0.3) is 0 Å². The summed E-state index contributed by atoms with van der Waals surface area (Å²) in [7, 11) is 0. The molecule has 1 unspecified atom stereocenters. The summed E-state index contributed by atoms with van der Waals surface area (Å²) in [5, 5.41) is 4.66. The van der Waals surface area contributed by atoms with Crippen molar-refractivity contribution in [3.63, 3.8) is 0 Å². The molecule has 0 saturated heterocycles. The first-order valence-corrected chi connectivity index (χ1v) is 9.59. The number of amides is 2. The Morgan fingerprint density at radius 3 is 2.44 bits per heavy atom. The van der Waals surface area contributed by atoms with E-state index < -0.39 is 0 Å². The Kier molecular flexibility index (Phi) is 5.04. The Hall–Kier alpha value is -2.14. The Bertz CT molecular complexity index is 984. The standard InChI is InChI=1S/C20H16Cl3N3O/c21-13-3-6-15(7-4-13)24-20(27)26-11-10-25-9-1-2-18(25)19(26)16-8-5-14(22)12-17(16)23/h1-9,12,19H,10-11H2,(H,24,27). The molecule has 4 nitrogen and oxygen atoms in total. The topological polar surface area (TPSA) is 37.3 Å². The van der Waals surface area contributed by atoms with Gasteiger partial charge in [0.2, 0.25) is 0 Å². The monoisotopic (exact) mass is 419 g/mol. The molecule has 1 N–H and O–H groups in total. The number of rotatable bonds is 2. The lowest BCUT2D eigenvalue weighted by Gasteiger charge is -2.37. The molecule has 1 aromatic heterocycles. The third-order valence-corrected chi connectivity index (χ3v) is 5.47. The number of fused-ring (bicyclic) bond motifs is 1. The van der Waals surface area contributed by atoms with Crippen molar-refractivity contribution < 1.29 is 4.79 Å². The summed E-state index contributed by atoms with van der Waals surface area (Å²) in [5.41, 5.74) is 2.54. The van der Waals surface area contributed by atoms with Crippen LogP contribution in [0.15, 0.2) is 60.8 Å². The highest BCUT2D eigenvalue weighted by Crippen LogP contribution is 2.37. The average molecular weight is 421 g/mol. The van der Waals surface area contributed by atoms with Gasteiger partial charge < -0.3 is 14.8 Å². The summed E-state index contributed by atoms with van der Waals surface area (Å²) >= 11 is 18.5. The van der Waals surface area contributed by atoms with E-state index in [-0.39, 0.29) is 12.1 Å². The molecule has 4 rings (SSSR count). The molecule has 7 heteroatoms. The lowest BCUT2D eigenvalue weighted by atomic mass is 10.00. The smallest absolute Gasteiger partial charge is 0.322 e. The van der Waals surface area contributed by atoms with E-state index in [0.29, 0.717) is 27.3 Å². The lowest BCUT2D eigenvalue weighted by Crippen LogP contribution is -2.44. The van der Waals surface area contributed by atoms with Crippen LogP contribution >= 0.6 is 34.8 Å². The predicted octanol–water partition coefficient (Wildman–Crippen LogP) is 6.09. The Morgan fingerprint density at radius 1 is 0.963 bits per heavy atom. The Morgan fingerprint density at radius 2 is 1.70 bits per heavy atom. The number of aromatic nitrogens is 1. The first-order chi connectivity index (χ1) is 13.0. The normalized spacial score (nSPS) is 16.1. The molecule has 0 bridgehead atoms. The first kappa shape index (κ1) is 18.2. The third-order valence-electron chi connectivity index (χ3n) is 4.65. The highest BCUT2D eigenvalue weighted by atomic mass is 35.5. The van der Waals surface area contributed by atoms with Gasteiger partial charge in [0.15, 0.2) is 0 Å². The van der Waals surface area contributed by atoms with Gasteiger partial charge in [0, 0.05) is 45.7 Å². The number of carbonyl (C=O) groups is 1. The minimum atomic E-state index is -0.300. The van der Waals surface area contributed by atoms with E-state index in [1.54, 1.807) is 41.3 Å². The van der Waals surface area contributed by atoms with Crippen LogP contribution in [0.5, 0.6) is 0 Å². The van der Waals surface area contributed by atoms with Gasteiger partial charge in [-0.1, -0.05) is 40.9 Å². The summed E-state index contributed by atoms with van der Waals surface area (Å²) < 4.78 is 2.14. The molecule has 0 aliphatic carbocycles. The Labute approximate surface area is 172 Å². The molecular formula is C20H16Cl3N3O. The fraction of sp³-hybridized carbons (Fsp3) is 0.150. The van der Waals surface area contributed by atoms with Crippen LogP contribution < -0.4 is 5.32 Å². The van der Waals surface area contributed by atoms with E-state index in [1.807, 2.05) is 24.4 Å². The summed E-state index contributed by atoms with van der Waals surface area (Å²) in [6.07, 6.45) is 2.01. The number of nitrogens with zero attached hydrogens (tertiary/aromatic N) is 2. The molecular weight excluding hydrogens is 405 g/mol.